The number of hydrogen-bond donors (Lipinski definition) is 0. The Bertz CT molecular complexity index is 367. The Morgan fingerprint density at radius 3 is 2.33 bits per heavy atom. The fourth-order valence-electron chi connectivity index (χ4n) is 1.70. The van der Waals surface area contributed by atoms with Crippen molar-refractivity contribution in [1.82, 2.24) is 0 Å². The van der Waals surface area contributed by atoms with Crippen LogP contribution in [0.25, 0.3) is 0 Å². The summed E-state index contributed by atoms with van der Waals surface area (Å²) in [6.07, 6.45) is 7.82. The van der Waals surface area contributed by atoms with E-state index in [0.29, 0.717) is 0 Å². The standard InChI is InChI=1S/C17H24Te/c1-3-5-7-8-16-9-11-17(12-10-16)13-15-18-14-6-4-2/h9-12H,3-8,14H2,1-2H3. The molecule has 0 aliphatic carbocycles. The molecule has 0 amide bonds. The van der Waals surface area contributed by atoms with Crippen LogP contribution in [0.1, 0.15) is 57.1 Å². The number of rotatable bonds is 7. The first-order valence-corrected chi connectivity index (χ1v) is 9.89. The summed E-state index contributed by atoms with van der Waals surface area (Å²) in [5.41, 5.74) is 2.65. The van der Waals surface area contributed by atoms with Gasteiger partial charge in [-0.25, -0.2) is 0 Å². The first-order valence-electron chi connectivity index (χ1n) is 7.08. The van der Waals surface area contributed by atoms with Gasteiger partial charge in [0.2, 0.25) is 0 Å². The van der Waals surface area contributed by atoms with E-state index in [0.717, 1.165) is 0 Å². The Balaban J connectivity index is 2.35. The molecule has 0 N–H and O–H groups in total. The first-order chi connectivity index (χ1) is 8.86. The van der Waals surface area contributed by atoms with Gasteiger partial charge in [-0.2, -0.15) is 0 Å². The average Bonchev–Trinajstić information content (AvgIpc) is 2.40. The molecule has 0 saturated heterocycles. The molecule has 0 aliphatic rings. The van der Waals surface area contributed by atoms with Crippen molar-refractivity contribution in [3.05, 3.63) is 35.4 Å². The monoisotopic (exact) mass is 358 g/mol. The molecule has 0 heterocycles. The van der Waals surface area contributed by atoms with E-state index in [1.807, 2.05) is 0 Å². The third-order valence-corrected chi connectivity index (χ3v) is 5.00. The van der Waals surface area contributed by atoms with Crippen LogP contribution in [-0.2, 0) is 6.42 Å². The SMILES string of the molecule is CCCCCc1ccc(C#C[Te]CCCC)cc1. The minimum atomic E-state index is -0.0563. The van der Waals surface area contributed by atoms with E-state index in [1.54, 1.807) is 0 Å². The third-order valence-electron chi connectivity index (χ3n) is 2.89. The fraction of sp³-hybridized carbons (Fsp3) is 0.529. The Hall–Kier alpha value is -0.430. The molecule has 0 saturated carbocycles. The summed E-state index contributed by atoms with van der Waals surface area (Å²) in [4.78, 5) is 0. The van der Waals surface area contributed by atoms with Gasteiger partial charge in [-0.15, -0.1) is 0 Å². The summed E-state index contributed by atoms with van der Waals surface area (Å²) in [7, 11) is 0. The van der Waals surface area contributed by atoms with Gasteiger partial charge in [-0.3, -0.25) is 0 Å². The van der Waals surface area contributed by atoms with Crippen molar-refractivity contribution in [2.24, 2.45) is 0 Å². The van der Waals surface area contributed by atoms with Gasteiger partial charge >= 0.3 is 123 Å². The van der Waals surface area contributed by atoms with Crippen molar-refractivity contribution in [3.8, 4) is 9.89 Å². The number of aryl methyl sites for hydroxylation is 1. The van der Waals surface area contributed by atoms with Crippen LogP contribution in [0, 0.1) is 9.89 Å². The maximum atomic E-state index is 3.39. The van der Waals surface area contributed by atoms with Crippen molar-refractivity contribution in [3.63, 3.8) is 0 Å². The summed E-state index contributed by atoms with van der Waals surface area (Å²) < 4.78 is 4.75. The van der Waals surface area contributed by atoms with Crippen molar-refractivity contribution >= 4 is 20.9 Å². The first kappa shape index (κ1) is 15.6. The molecular formula is C17H24Te. The molecule has 98 valence electrons. The molecule has 1 aromatic rings. The molecule has 0 atom stereocenters. The zero-order valence-corrected chi connectivity index (χ0v) is 14.0. The zero-order valence-electron chi connectivity index (χ0n) is 11.7. The average molecular weight is 356 g/mol. The normalized spacial score (nSPS) is 9.89. The van der Waals surface area contributed by atoms with E-state index in [-0.39, 0.29) is 20.9 Å². The van der Waals surface area contributed by atoms with Gasteiger partial charge < -0.3 is 0 Å². The van der Waals surface area contributed by atoms with Crippen molar-refractivity contribution in [2.45, 2.75) is 56.8 Å². The molecule has 0 radical (unpaired) electrons. The second-order valence-electron chi connectivity index (χ2n) is 4.58. The van der Waals surface area contributed by atoms with Gasteiger partial charge in [-0.05, 0) is 0 Å². The summed E-state index contributed by atoms with van der Waals surface area (Å²) >= 11 is -0.0563. The Morgan fingerprint density at radius 1 is 0.944 bits per heavy atom. The predicted molar refractivity (Wildman–Crippen MR) is 82.0 cm³/mol. The fourth-order valence-corrected chi connectivity index (χ4v) is 3.77. The molecule has 18 heavy (non-hydrogen) atoms. The molecule has 0 spiro atoms. The molecule has 0 fully saturated rings. The van der Waals surface area contributed by atoms with Crippen LogP contribution in [0.3, 0.4) is 0 Å². The molecule has 0 unspecified atom stereocenters. The second-order valence-corrected chi connectivity index (χ2v) is 7.15. The summed E-state index contributed by atoms with van der Waals surface area (Å²) in [5.74, 6) is 3.31. The molecule has 0 bridgehead atoms. The van der Waals surface area contributed by atoms with E-state index in [2.05, 4.69) is 48.0 Å². The molecular weight excluding hydrogens is 332 g/mol. The van der Waals surface area contributed by atoms with Crippen LogP contribution in [-0.4, -0.2) is 20.9 Å². The summed E-state index contributed by atoms with van der Waals surface area (Å²) in [5, 5.41) is 0. The quantitative estimate of drug-likeness (QED) is 0.379. The zero-order chi connectivity index (χ0) is 13.1. The topological polar surface area (TPSA) is 0 Å². The van der Waals surface area contributed by atoms with Crippen LogP contribution >= 0.6 is 0 Å². The number of unbranched alkanes of at least 4 members (excludes halogenated alkanes) is 3. The molecule has 0 nitrogen and oxygen atoms in total. The van der Waals surface area contributed by atoms with E-state index >= 15 is 0 Å². The van der Waals surface area contributed by atoms with Crippen molar-refractivity contribution < 1.29 is 0 Å². The Labute approximate surface area is 123 Å². The van der Waals surface area contributed by atoms with Crippen molar-refractivity contribution in [2.75, 3.05) is 0 Å². The van der Waals surface area contributed by atoms with Crippen LogP contribution in [0.4, 0.5) is 0 Å². The molecule has 0 aliphatic heterocycles. The van der Waals surface area contributed by atoms with E-state index < -0.39 is 0 Å². The van der Waals surface area contributed by atoms with Gasteiger partial charge in [0, 0.05) is 0 Å². The van der Waals surface area contributed by atoms with Gasteiger partial charge in [0.05, 0.1) is 0 Å². The number of benzene rings is 1. The van der Waals surface area contributed by atoms with Gasteiger partial charge in [0.1, 0.15) is 0 Å². The molecule has 1 heteroatoms. The molecule has 0 aromatic heterocycles. The van der Waals surface area contributed by atoms with E-state index in [1.165, 1.54) is 54.1 Å². The molecule has 1 rings (SSSR count). The summed E-state index contributed by atoms with van der Waals surface area (Å²) in [6, 6.07) is 8.85. The van der Waals surface area contributed by atoms with E-state index in [9.17, 15) is 0 Å². The predicted octanol–water partition coefficient (Wildman–Crippen LogP) is 4.65. The number of hydrogen-bond acceptors (Lipinski definition) is 0. The Kier molecular flexibility index (Phi) is 9.11. The second kappa shape index (κ2) is 10.5. The van der Waals surface area contributed by atoms with Crippen LogP contribution in [0.5, 0.6) is 0 Å². The van der Waals surface area contributed by atoms with Gasteiger partial charge in [-0.1, -0.05) is 0 Å². The van der Waals surface area contributed by atoms with Crippen LogP contribution in [0.15, 0.2) is 24.3 Å². The Morgan fingerprint density at radius 2 is 1.67 bits per heavy atom. The minimum absolute atomic E-state index is 0.0563. The molecule has 1 aromatic carbocycles. The van der Waals surface area contributed by atoms with Crippen LogP contribution < -0.4 is 0 Å². The van der Waals surface area contributed by atoms with Crippen molar-refractivity contribution in [1.29, 1.82) is 0 Å². The van der Waals surface area contributed by atoms with Crippen LogP contribution in [0.2, 0.25) is 4.47 Å². The maximum absolute atomic E-state index is 3.39. The van der Waals surface area contributed by atoms with E-state index in [4.69, 9.17) is 0 Å². The third kappa shape index (κ3) is 7.10. The van der Waals surface area contributed by atoms with Gasteiger partial charge in [0.15, 0.2) is 0 Å². The summed E-state index contributed by atoms with van der Waals surface area (Å²) in [6.45, 7) is 4.50. The van der Waals surface area contributed by atoms with Gasteiger partial charge in [0.25, 0.3) is 0 Å².